The van der Waals surface area contributed by atoms with Gasteiger partial charge < -0.3 is 4.90 Å². The van der Waals surface area contributed by atoms with E-state index in [4.69, 9.17) is 4.98 Å². The highest BCUT2D eigenvalue weighted by molar-refractivity contribution is 9.10. The normalized spacial score (nSPS) is 15.7. The van der Waals surface area contributed by atoms with Crippen molar-refractivity contribution < 1.29 is 0 Å². The fraction of sp³-hybridized carbons (Fsp3) is 0.556. The minimum Gasteiger partial charge on any atom is -0.373 e. The van der Waals surface area contributed by atoms with Gasteiger partial charge in [-0.3, -0.25) is 9.36 Å². The van der Waals surface area contributed by atoms with Gasteiger partial charge in [-0.1, -0.05) is 36.2 Å². The molecule has 5 heteroatoms. The zero-order chi connectivity index (χ0) is 16.6. The Bertz CT molecular complexity index is 784. The van der Waals surface area contributed by atoms with Gasteiger partial charge in [0, 0.05) is 24.1 Å². The molecule has 3 rings (SSSR count). The van der Waals surface area contributed by atoms with Crippen molar-refractivity contribution in [3.63, 3.8) is 0 Å². The van der Waals surface area contributed by atoms with E-state index in [0.29, 0.717) is 0 Å². The highest BCUT2D eigenvalue weighted by atomic mass is 79.9. The molecule has 1 aliphatic heterocycles. The fourth-order valence-corrected chi connectivity index (χ4v) is 4.27. The predicted octanol–water partition coefficient (Wildman–Crippen LogP) is 4.29. The van der Waals surface area contributed by atoms with Gasteiger partial charge in [0.25, 0.3) is 5.56 Å². The molecule has 0 saturated carbocycles. The summed E-state index contributed by atoms with van der Waals surface area (Å²) in [6.45, 7) is 5.30. The van der Waals surface area contributed by atoms with Gasteiger partial charge in [0.05, 0.1) is 17.4 Å². The third-order valence-electron chi connectivity index (χ3n) is 4.89. The van der Waals surface area contributed by atoms with Crippen LogP contribution >= 0.6 is 15.9 Å². The van der Waals surface area contributed by atoms with Crippen LogP contribution in [-0.2, 0) is 6.42 Å². The van der Waals surface area contributed by atoms with Crippen molar-refractivity contribution in [1.29, 1.82) is 0 Å². The van der Waals surface area contributed by atoms with Crippen molar-refractivity contribution in [2.24, 2.45) is 0 Å². The maximum absolute atomic E-state index is 13.0. The Labute approximate surface area is 145 Å². The number of halogens is 1. The summed E-state index contributed by atoms with van der Waals surface area (Å²) in [5, 5.41) is 0.724. The largest absolute Gasteiger partial charge is 0.373 e. The average molecular weight is 378 g/mol. The molecule has 2 aromatic rings. The number of nitrogens with zero attached hydrogens (tertiary/aromatic N) is 3. The van der Waals surface area contributed by atoms with Crippen molar-refractivity contribution in [2.75, 3.05) is 18.5 Å². The lowest BCUT2D eigenvalue weighted by Crippen LogP contribution is -2.29. The number of anilines is 1. The van der Waals surface area contributed by atoms with Crippen molar-refractivity contribution in [2.45, 2.75) is 52.0 Å². The second-order valence-corrected chi connectivity index (χ2v) is 7.27. The van der Waals surface area contributed by atoms with Crippen LogP contribution in [-0.4, -0.2) is 23.1 Å². The first kappa shape index (κ1) is 16.5. The molecule has 0 amide bonds. The Hall–Kier alpha value is -1.36. The lowest BCUT2D eigenvalue weighted by atomic mass is 9.99. The number of hydrogen-bond donors (Lipinski definition) is 0. The number of benzene rings is 1. The van der Waals surface area contributed by atoms with E-state index in [-0.39, 0.29) is 11.6 Å². The van der Waals surface area contributed by atoms with Gasteiger partial charge in [0.1, 0.15) is 5.52 Å². The molecule has 124 valence electrons. The van der Waals surface area contributed by atoms with Crippen LogP contribution in [0.4, 0.5) is 5.69 Å². The SMILES string of the molecule is CCCC(CC)n1cnc2c3c(c(Br)cc2c1=O)CCCN3C. The third kappa shape index (κ3) is 2.80. The smallest absolute Gasteiger partial charge is 0.261 e. The van der Waals surface area contributed by atoms with Crippen molar-refractivity contribution in [3.8, 4) is 0 Å². The molecule has 0 aliphatic carbocycles. The molecule has 4 nitrogen and oxygen atoms in total. The van der Waals surface area contributed by atoms with Crippen LogP contribution in [0.1, 0.15) is 51.1 Å². The third-order valence-corrected chi connectivity index (χ3v) is 5.60. The van der Waals surface area contributed by atoms with Crippen LogP contribution in [0.15, 0.2) is 21.7 Å². The topological polar surface area (TPSA) is 38.1 Å². The zero-order valence-electron chi connectivity index (χ0n) is 14.1. The highest BCUT2D eigenvalue weighted by Gasteiger charge is 2.23. The van der Waals surface area contributed by atoms with E-state index in [1.54, 1.807) is 6.33 Å². The molecular formula is C18H24BrN3O. The van der Waals surface area contributed by atoms with Crippen molar-refractivity contribution in [1.82, 2.24) is 9.55 Å². The Kier molecular flexibility index (Phi) is 4.76. The maximum Gasteiger partial charge on any atom is 0.261 e. The van der Waals surface area contributed by atoms with E-state index in [1.165, 1.54) is 5.56 Å². The second-order valence-electron chi connectivity index (χ2n) is 6.41. The summed E-state index contributed by atoms with van der Waals surface area (Å²) >= 11 is 3.67. The van der Waals surface area contributed by atoms with Gasteiger partial charge in [-0.05, 0) is 37.3 Å². The summed E-state index contributed by atoms with van der Waals surface area (Å²) in [5.74, 6) is 0. The summed E-state index contributed by atoms with van der Waals surface area (Å²) in [6.07, 6.45) is 6.96. The summed E-state index contributed by atoms with van der Waals surface area (Å²) in [7, 11) is 2.09. The number of fused-ring (bicyclic) bond motifs is 3. The van der Waals surface area contributed by atoms with Gasteiger partial charge in [0.2, 0.25) is 0 Å². The van der Waals surface area contributed by atoms with Crippen LogP contribution in [0.25, 0.3) is 10.9 Å². The van der Waals surface area contributed by atoms with Crippen LogP contribution in [0.3, 0.4) is 0 Å². The second kappa shape index (κ2) is 6.63. The van der Waals surface area contributed by atoms with E-state index in [2.05, 4.69) is 41.7 Å². The van der Waals surface area contributed by atoms with Gasteiger partial charge in [0.15, 0.2) is 0 Å². The lowest BCUT2D eigenvalue weighted by Gasteiger charge is -2.29. The van der Waals surface area contributed by atoms with Crippen molar-refractivity contribution >= 4 is 32.5 Å². The number of hydrogen-bond acceptors (Lipinski definition) is 3. The summed E-state index contributed by atoms with van der Waals surface area (Å²) in [6, 6.07) is 2.20. The first-order chi connectivity index (χ1) is 11.1. The summed E-state index contributed by atoms with van der Waals surface area (Å²) in [5.41, 5.74) is 3.32. The molecule has 0 bridgehead atoms. The molecule has 2 heterocycles. The average Bonchev–Trinajstić information content (AvgIpc) is 2.55. The molecule has 0 fully saturated rings. The molecule has 1 unspecified atom stereocenters. The molecule has 0 spiro atoms. The molecule has 1 aromatic heterocycles. The van der Waals surface area contributed by atoms with E-state index >= 15 is 0 Å². The molecule has 1 aliphatic rings. The summed E-state index contributed by atoms with van der Waals surface area (Å²) < 4.78 is 2.86. The molecule has 1 aromatic carbocycles. The van der Waals surface area contributed by atoms with Gasteiger partial charge >= 0.3 is 0 Å². The zero-order valence-corrected chi connectivity index (χ0v) is 15.7. The van der Waals surface area contributed by atoms with Crippen LogP contribution < -0.4 is 10.5 Å². The minimum atomic E-state index is 0.0813. The fourth-order valence-electron chi connectivity index (χ4n) is 3.66. The Balaban J connectivity index is 2.25. The highest BCUT2D eigenvalue weighted by Crippen LogP contribution is 2.37. The number of rotatable bonds is 4. The Morgan fingerprint density at radius 2 is 2.17 bits per heavy atom. The predicted molar refractivity (Wildman–Crippen MR) is 99.5 cm³/mol. The molecule has 1 atom stereocenters. The van der Waals surface area contributed by atoms with E-state index in [9.17, 15) is 4.79 Å². The first-order valence-electron chi connectivity index (χ1n) is 8.51. The summed E-state index contributed by atoms with van der Waals surface area (Å²) in [4.78, 5) is 20.0. The quantitative estimate of drug-likeness (QED) is 0.797. The molecular weight excluding hydrogens is 354 g/mol. The van der Waals surface area contributed by atoms with E-state index in [0.717, 1.165) is 59.7 Å². The molecule has 0 saturated heterocycles. The Morgan fingerprint density at radius 1 is 1.39 bits per heavy atom. The van der Waals surface area contributed by atoms with Gasteiger partial charge in [-0.25, -0.2) is 4.98 Å². The monoisotopic (exact) mass is 377 g/mol. The van der Waals surface area contributed by atoms with Crippen LogP contribution in [0.5, 0.6) is 0 Å². The number of aromatic nitrogens is 2. The van der Waals surface area contributed by atoms with Gasteiger partial charge in [-0.15, -0.1) is 0 Å². The maximum atomic E-state index is 13.0. The van der Waals surface area contributed by atoms with Gasteiger partial charge in [-0.2, -0.15) is 0 Å². The standard InChI is InChI=1S/C18H24BrN3O/c1-4-7-12(5-2)22-11-20-16-14(18(22)23)10-15(19)13-8-6-9-21(3)17(13)16/h10-12H,4-9H2,1-3H3. The van der Waals surface area contributed by atoms with Crippen LogP contribution in [0, 0.1) is 0 Å². The Morgan fingerprint density at radius 3 is 2.87 bits per heavy atom. The first-order valence-corrected chi connectivity index (χ1v) is 9.31. The molecule has 0 N–H and O–H groups in total. The van der Waals surface area contributed by atoms with E-state index in [1.807, 2.05) is 10.6 Å². The lowest BCUT2D eigenvalue weighted by molar-refractivity contribution is 0.433. The minimum absolute atomic E-state index is 0.0813. The van der Waals surface area contributed by atoms with E-state index < -0.39 is 0 Å². The molecule has 23 heavy (non-hydrogen) atoms. The van der Waals surface area contributed by atoms with Crippen molar-refractivity contribution in [3.05, 3.63) is 32.8 Å². The van der Waals surface area contributed by atoms with Crippen LogP contribution in [0.2, 0.25) is 0 Å². The molecule has 0 radical (unpaired) electrons.